The molecule has 0 unspecified atom stereocenters. The molecule has 0 heterocycles. The predicted octanol–water partition coefficient (Wildman–Crippen LogP) is 2.44. The number of nitrogens with one attached hydrogen (secondary N) is 1. The number of nitrogens with two attached hydrogens (primary N) is 1. The van der Waals surface area contributed by atoms with Crippen molar-refractivity contribution in [3.8, 4) is 17.2 Å². The first-order chi connectivity index (χ1) is 12.3. The lowest BCUT2D eigenvalue weighted by atomic mass is 10.1. The van der Waals surface area contributed by atoms with Gasteiger partial charge in [0.2, 0.25) is 5.75 Å². The van der Waals surface area contributed by atoms with E-state index < -0.39 is 5.91 Å². The van der Waals surface area contributed by atoms with E-state index in [1.54, 1.807) is 0 Å². The lowest BCUT2D eigenvalue weighted by molar-refractivity contribution is -0.120. The summed E-state index contributed by atoms with van der Waals surface area (Å²) in [5, 5.41) is 2.83. The van der Waals surface area contributed by atoms with Gasteiger partial charge >= 0.3 is 0 Å². The zero-order valence-electron chi connectivity index (χ0n) is 15.2. The molecule has 0 aliphatic rings. The van der Waals surface area contributed by atoms with Crippen LogP contribution in [-0.4, -0.2) is 32.6 Å². The van der Waals surface area contributed by atoms with Crippen LogP contribution >= 0.6 is 0 Å². The van der Waals surface area contributed by atoms with Crippen LogP contribution in [0.3, 0.4) is 0 Å². The molecule has 0 saturated carbocycles. The van der Waals surface area contributed by atoms with Crippen molar-refractivity contribution in [2.45, 2.75) is 13.8 Å². The van der Waals surface area contributed by atoms with Gasteiger partial charge in [-0.1, -0.05) is 6.07 Å². The molecule has 0 atom stereocenters. The van der Waals surface area contributed by atoms with Gasteiger partial charge in [-0.3, -0.25) is 9.59 Å². The molecule has 0 saturated heterocycles. The van der Waals surface area contributed by atoms with Crippen LogP contribution in [-0.2, 0) is 4.79 Å². The summed E-state index contributed by atoms with van der Waals surface area (Å²) < 4.78 is 15.9. The molecule has 7 heteroatoms. The lowest BCUT2D eigenvalue weighted by Crippen LogP contribution is -2.20. The first-order valence-electron chi connectivity index (χ1n) is 7.91. The van der Waals surface area contributed by atoms with Crippen LogP contribution in [0, 0.1) is 13.8 Å². The monoisotopic (exact) mass is 358 g/mol. The molecule has 2 amide bonds. The normalized spacial score (nSPS) is 10.2. The maximum Gasteiger partial charge on any atom is 0.255 e. The number of methoxy groups -OCH3 is 2. The minimum atomic E-state index is -0.634. The van der Waals surface area contributed by atoms with Gasteiger partial charge in [0.05, 0.1) is 14.2 Å². The molecule has 0 aromatic heterocycles. The first-order valence-corrected chi connectivity index (χ1v) is 7.91. The number of hydrogen-bond acceptors (Lipinski definition) is 5. The second-order valence-corrected chi connectivity index (χ2v) is 5.72. The molecule has 0 aliphatic heterocycles. The fraction of sp³-hybridized carbons (Fsp3) is 0.263. The van der Waals surface area contributed by atoms with Crippen LogP contribution in [0.2, 0.25) is 0 Å². The quantitative estimate of drug-likeness (QED) is 0.792. The Morgan fingerprint density at radius 3 is 2.12 bits per heavy atom. The average Bonchev–Trinajstić information content (AvgIpc) is 2.62. The van der Waals surface area contributed by atoms with E-state index in [2.05, 4.69) is 5.32 Å². The number of aryl methyl sites for hydroxylation is 2. The minimum Gasteiger partial charge on any atom is -0.493 e. The molecule has 0 spiro atoms. The van der Waals surface area contributed by atoms with E-state index in [9.17, 15) is 9.59 Å². The van der Waals surface area contributed by atoms with E-state index in [1.165, 1.54) is 26.4 Å². The van der Waals surface area contributed by atoms with Gasteiger partial charge in [0.1, 0.15) is 0 Å². The maximum absolute atomic E-state index is 12.6. The third-order valence-corrected chi connectivity index (χ3v) is 3.85. The van der Waals surface area contributed by atoms with Crippen molar-refractivity contribution in [3.05, 3.63) is 47.0 Å². The predicted molar refractivity (Wildman–Crippen MR) is 98.1 cm³/mol. The number of primary amides is 1. The van der Waals surface area contributed by atoms with Crippen molar-refractivity contribution in [3.63, 3.8) is 0 Å². The first kappa shape index (κ1) is 19.1. The largest absolute Gasteiger partial charge is 0.493 e. The molecular formula is C19H22N2O5. The van der Waals surface area contributed by atoms with Gasteiger partial charge < -0.3 is 25.3 Å². The van der Waals surface area contributed by atoms with Gasteiger partial charge in [0, 0.05) is 11.3 Å². The Balaban J connectivity index is 2.31. The molecule has 26 heavy (non-hydrogen) atoms. The summed E-state index contributed by atoms with van der Waals surface area (Å²) in [4.78, 5) is 23.5. The number of hydrogen-bond donors (Lipinski definition) is 2. The summed E-state index contributed by atoms with van der Waals surface area (Å²) in [6.45, 7) is 3.64. The SMILES string of the molecule is COc1cc(C(=O)Nc2ccc(C)c(C)c2)cc(OC)c1OCC(N)=O. The summed E-state index contributed by atoms with van der Waals surface area (Å²) in [6, 6.07) is 8.68. The summed E-state index contributed by atoms with van der Waals surface area (Å²) >= 11 is 0. The molecular weight excluding hydrogens is 336 g/mol. The Morgan fingerprint density at radius 2 is 1.62 bits per heavy atom. The van der Waals surface area contributed by atoms with E-state index in [0.29, 0.717) is 11.3 Å². The van der Waals surface area contributed by atoms with Crippen LogP contribution < -0.4 is 25.3 Å². The number of anilines is 1. The van der Waals surface area contributed by atoms with E-state index in [0.717, 1.165) is 11.1 Å². The van der Waals surface area contributed by atoms with Gasteiger partial charge in [0.15, 0.2) is 18.1 Å². The molecule has 7 nitrogen and oxygen atoms in total. The zero-order valence-corrected chi connectivity index (χ0v) is 15.2. The van der Waals surface area contributed by atoms with Gasteiger partial charge in [-0.25, -0.2) is 0 Å². The highest BCUT2D eigenvalue weighted by atomic mass is 16.5. The van der Waals surface area contributed by atoms with Crippen LogP contribution in [0.1, 0.15) is 21.5 Å². The van der Waals surface area contributed by atoms with Crippen molar-refractivity contribution < 1.29 is 23.8 Å². The second kappa shape index (κ2) is 8.24. The fourth-order valence-corrected chi connectivity index (χ4v) is 2.32. The Kier molecular flexibility index (Phi) is 6.06. The Morgan fingerprint density at radius 1 is 1.00 bits per heavy atom. The average molecular weight is 358 g/mol. The van der Waals surface area contributed by atoms with Gasteiger partial charge in [-0.15, -0.1) is 0 Å². The van der Waals surface area contributed by atoms with Gasteiger partial charge in [-0.2, -0.15) is 0 Å². The second-order valence-electron chi connectivity index (χ2n) is 5.72. The molecule has 0 radical (unpaired) electrons. The highest BCUT2D eigenvalue weighted by molar-refractivity contribution is 6.05. The highest BCUT2D eigenvalue weighted by Gasteiger charge is 2.18. The maximum atomic E-state index is 12.6. The number of rotatable bonds is 7. The third-order valence-electron chi connectivity index (χ3n) is 3.85. The van der Waals surface area contributed by atoms with Crippen molar-refractivity contribution in [1.82, 2.24) is 0 Å². The van der Waals surface area contributed by atoms with Crippen molar-refractivity contribution in [2.75, 3.05) is 26.1 Å². The minimum absolute atomic E-state index is 0.205. The Hall–Kier alpha value is -3.22. The molecule has 0 bridgehead atoms. The number of ether oxygens (including phenoxy) is 3. The molecule has 2 aromatic carbocycles. The summed E-state index contributed by atoms with van der Waals surface area (Å²) in [6.07, 6.45) is 0. The molecule has 3 N–H and O–H groups in total. The van der Waals surface area contributed by atoms with Gasteiger partial charge in [0.25, 0.3) is 11.8 Å². The van der Waals surface area contributed by atoms with Crippen LogP contribution in [0.5, 0.6) is 17.2 Å². The van der Waals surface area contributed by atoms with E-state index in [-0.39, 0.29) is 29.8 Å². The van der Waals surface area contributed by atoms with Crippen LogP contribution in [0.15, 0.2) is 30.3 Å². The smallest absolute Gasteiger partial charge is 0.255 e. The number of carbonyl (C=O) groups is 2. The summed E-state index contributed by atoms with van der Waals surface area (Å²) in [7, 11) is 2.85. The van der Waals surface area contributed by atoms with Crippen LogP contribution in [0.4, 0.5) is 5.69 Å². The number of amides is 2. The van der Waals surface area contributed by atoms with Crippen molar-refractivity contribution in [1.29, 1.82) is 0 Å². The standard InChI is InChI=1S/C19H22N2O5/c1-11-5-6-14(7-12(11)2)21-19(23)13-8-15(24-3)18(16(9-13)25-4)26-10-17(20)22/h5-9H,10H2,1-4H3,(H2,20,22)(H,21,23). The van der Waals surface area contributed by atoms with E-state index in [4.69, 9.17) is 19.9 Å². The Bertz CT molecular complexity index is 808. The van der Waals surface area contributed by atoms with Gasteiger partial charge in [-0.05, 0) is 49.2 Å². The zero-order chi connectivity index (χ0) is 19.3. The topological polar surface area (TPSA) is 99.9 Å². The van der Waals surface area contributed by atoms with E-state index in [1.807, 2.05) is 32.0 Å². The van der Waals surface area contributed by atoms with Crippen molar-refractivity contribution in [2.24, 2.45) is 5.73 Å². The van der Waals surface area contributed by atoms with E-state index >= 15 is 0 Å². The third kappa shape index (κ3) is 4.44. The summed E-state index contributed by atoms with van der Waals surface area (Å²) in [5.74, 6) is -0.236. The molecule has 2 rings (SSSR count). The molecule has 0 fully saturated rings. The van der Waals surface area contributed by atoms with Crippen LogP contribution in [0.25, 0.3) is 0 Å². The molecule has 0 aliphatic carbocycles. The summed E-state index contributed by atoms with van der Waals surface area (Å²) in [5.41, 5.74) is 8.33. The number of benzene rings is 2. The van der Waals surface area contributed by atoms with Crippen molar-refractivity contribution >= 4 is 17.5 Å². The highest BCUT2D eigenvalue weighted by Crippen LogP contribution is 2.38. The Labute approximate surface area is 152 Å². The lowest BCUT2D eigenvalue weighted by Gasteiger charge is -2.15. The molecule has 2 aromatic rings. The molecule has 138 valence electrons. The fourth-order valence-electron chi connectivity index (χ4n) is 2.32. The number of carbonyl (C=O) groups excluding carboxylic acids is 2.